The lowest BCUT2D eigenvalue weighted by atomic mass is 9.87. The fourth-order valence-corrected chi connectivity index (χ4v) is 4.79. The van der Waals surface area contributed by atoms with Crippen molar-refractivity contribution in [3.63, 3.8) is 0 Å². The van der Waals surface area contributed by atoms with E-state index in [0.717, 1.165) is 5.92 Å². The maximum atomic E-state index is 4.48. The Hall–Kier alpha value is -0.260. The predicted molar refractivity (Wildman–Crippen MR) is 140 cm³/mol. The quantitative estimate of drug-likeness (QED) is 0.102. The van der Waals surface area contributed by atoms with Gasteiger partial charge < -0.3 is 0 Å². The van der Waals surface area contributed by atoms with Crippen LogP contribution in [-0.4, -0.2) is 0 Å². The van der Waals surface area contributed by atoms with Gasteiger partial charge in [0, 0.05) is 0 Å². The Labute approximate surface area is 193 Å². The SMILES string of the molecule is C=C(CCCCCCCC)CC(CCCCCCCC)CCCCCCCCCC. The Bertz CT molecular complexity index is 329. The van der Waals surface area contributed by atoms with E-state index >= 15 is 0 Å². The van der Waals surface area contributed by atoms with Crippen LogP contribution in [0.1, 0.15) is 175 Å². The molecule has 0 aromatic carbocycles. The molecule has 0 saturated heterocycles. The summed E-state index contributed by atoms with van der Waals surface area (Å²) in [6, 6.07) is 0. The van der Waals surface area contributed by atoms with Crippen LogP contribution in [-0.2, 0) is 0 Å². The monoisotopic (exact) mass is 420 g/mol. The standard InChI is InChI=1S/C30H60/c1-5-8-11-14-17-18-21-24-27-30(26-23-20-16-13-10-7-3)28-29(4)25-22-19-15-12-9-6-2/h30H,4-28H2,1-3H3. The molecule has 0 aliphatic carbocycles. The van der Waals surface area contributed by atoms with Crippen molar-refractivity contribution in [1.82, 2.24) is 0 Å². The minimum absolute atomic E-state index is 0.920. The van der Waals surface area contributed by atoms with E-state index in [-0.39, 0.29) is 0 Å². The number of unbranched alkanes of at least 4 members (excludes halogenated alkanes) is 17. The average Bonchev–Trinajstić information content (AvgIpc) is 2.74. The topological polar surface area (TPSA) is 0 Å². The molecule has 30 heavy (non-hydrogen) atoms. The molecule has 0 rings (SSSR count). The summed E-state index contributed by atoms with van der Waals surface area (Å²) in [5, 5.41) is 0. The summed E-state index contributed by atoms with van der Waals surface area (Å²) in [5.41, 5.74) is 1.56. The zero-order chi connectivity index (χ0) is 22.1. The van der Waals surface area contributed by atoms with Crippen molar-refractivity contribution in [1.29, 1.82) is 0 Å². The third kappa shape index (κ3) is 22.4. The molecular formula is C30H60. The molecule has 0 aromatic rings. The van der Waals surface area contributed by atoms with Crippen LogP contribution in [0.5, 0.6) is 0 Å². The first-order chi connectivity index (χ1) is 14.7. The predicted octanol–water partition coefficient (Wildman–Crippen LogP) is 11.6. The minimum Gasteiger partial charge on any atom is -0.0999 e. The van der Waals surface area contributed by atoms with Crippen molar-refractivity contribution in [2.24, 2.45) is 5.92 Å². The summed E-state index contributed by atoms with van der Waals surface area (Å²) in [7, 11) is 0. The van der Waals surface area contributed by atoms with E-state index in [1.54, 1.807) is 5.57 Å². The van der Waals surface area contributed by atoms with Crippen molar-refractivity contribution in [3.05, 3.63) is 12.2 Å². The molecule has 1 unspecified atom stereocenters. The summed E-state index contributed by atoms with van der Waals surface area (Å²) < 4.78 is 0. The van der Waals surface area contributed by atoms with E-state index in [1.165, 1.54) is 154 Å². The number of rotatable bonds is 25. The van der Waals surface area contributed by atoms with E-state index in [2.05, 4.69) is 27.4 Å². The second kappa shape index (κ2) is 25.0. The second-order valence-corrected chi connectivity index (χ2v) is 10.2. The van der Waals surface area contributed by atoms with Crippen LogP contribution < -0.4 is 0 Å². The van der Waals surface area contributed by atoms with Gasteiger partial charge in [-0.05, 0) is 25.2 Å². The lowest BCUT2D eigenvalue weighted by molar-refractivity contribution is 0.395. The zero-order valence-electron chi connectivity index (χ0n) is 21.8. The Morgan fingerprint density at radius 1 is 0.467 bits per heavy atom. The van der Waals surface area contributed by atoms with E-state index in [4.69, 9.17) is 0 Å². The van der Waals surface area contributed by atoms with Crippen LogP contribution in [0.2, 0.25) is 0 Å². The molecule has 0 N–H and O–H groups in total. The van der Waals surface area contributed by atoms with Crippen LogP contribution in [0.25, 0.3) is 0 Å². The largest absolute Gasteiger partial charge is 0.0999 e. The van der Waals surface area contributed by atoms with Crippen molar-refractivity contribution < 1.29 is 0 Å². The van der Waals surface area contributed by atoms with Crippen molar-refractivity contribution in [2.75, 3.05) is 0 Å². The molecule has 0 amide bonds. The highest BCUT2D eigenvalue weighted by atomic mass is 14.2. The van der Waals surface area contributed by atoms with Gasteiger partial charge in [-0.3, -0.25) is 0 Å². The fourth-order valence-electron chi connectivity index (χ4n) is 4.79. The first-order valence-corrected chi connectivity index (χ1v) is 14.4. The normalized spacial score (nSPS) is 12.4. The summed E-state index contributed by atoms with van der Waals surface area (Å²) in [4.78, 5) is 0. The molecule has 0 bridgehead atoms. The van der Waals surface area contributed by atoms with Gasteiger partial charge in [0.2, 0.25) is 0 Å². The van der Waals surface area contributed by atoms with Crippen molar-refractivity contribution in [3.8, 4) is 0 Å². The molecule has 0 fully saturated rings. The maximum absolute atomic E-state index is 4.48. The molecule has 0 aliphatic heterocycles. The van der Waals surface area contributed by atoms with Gasteiger partial charge in [0.25, 0.3) is 0 Å². The molecule has 0 saturated carbocycles. The van der Waals surface area contributed by atoms with Crippen LogP contribution in [0.15, 0.2) is 12.2 Å². The molecule has 0 spiro atoms. The molecular weight excluding hydrogens is 360 g/mol. The molecule has 0 radical (unpaired) electrons. The zero-order valence-corrected chi connectivity index (χ0v) is 21.8. The highest BCUT2D eigenvalue weighted by Crippen LogP contribution is 2.27. The van der Waals surface area contributed by atoms with E-state index in [0.29, 0.717) is 0 Å². The highest BCUT2D eigenvalue weighted by Gasteiger charge is 2.10. The third-order valence-corrected chi connectivity index (χ3v) is 6.89. The maximum Gasteiger partial charge on any atom is -0.0294 e. The highest BCUT2D eigenvalue weighted by molar-refractivity contribution is 4.95. The number of hydrogen-bond acceptors (Lipinski definition) is 0. The van der Waals surface area contributed by atoms with E-state index in [9.17, 15) is 0 Å². The molecule has 0 heteroatoms. The van der Waals surface area contributed by atoms with Gasteiger partial charge in [0.1, 0.15) is 0 Å². The minimum atomic E-state index is 0.920. The molecule has 180 valence electrons. The molecule has 0 aliphatic rings. The van der Waals surface area contributed by atoms with Gasteiger partial charge in [-0.1, -0.05) is 168 Å². The first kappa shape index (κ1) is 29.7. The van der Waals surface area contributed by atoms with Crippen molar-refractivity contribution >= 4 is 0 Å². The molecule has 0 heterocycles. The Balaban J connectivity index is 4.00. The molecule has 1 atom stereocenters. The Morgan fingerprint density at radius 2 is 0.800 bits per heavy atom. The summed E-state index contributed by atoms with van der Waals surface area (Å²) in [5.74, 6) is 0.920. The lowest BCUT2D eigenvalue weighted by Crippen LogP contribution is -2.03. The molecule has 0 nitrogen and oxygen atoms in total. The first-order valence-electron chi connectivity index (χ1n) is 14.4. The van der Waals surface area contributed by atoms with Gasteiger partial charge in [0.05, 0.1) is 0 Å². The van der Waals surface area contributed by atoms with Crippen molar-refractivity contribution in [2.45, 2.75) is 175 Å². The number of allylic oxidation sites excluding steroid dienone is 1. The van der Waals surface area contributed by atoms with Gasteiger partial charge in [-0.25, -0.2) is 0 Å². The van der Waals surface area contributed by atoms with Gasteiger partial charge >= 0.3 is 0 Å². The van der Waals surface area contributed by atoms with Gasteiger partial charge in [0.15, 0.2) is 0 Å². The van der Waals surface area contributed by atoms with E-state index < -0.39 is 0 Å². The second-order valence-electron chi connectivity index (χ2n) is 10.2. The summed E-state index contributed by atoms with van der Waals surface area (Å²) >= 11 is 0. The Kier molecular flexibility index (Phi) is 24.8. The lowest BCUT2D eigenvalue weighted by Gasteiger charge is -2.19. The number of hydrogen-bond donors (Lipinski definition) is 0. The van der Waals surface area contributed by atoms with Crippen LogP contribution in [0, 0.1) is 5.92 Å². The van der Waals surface area contributed by atoms with Crippen LogP contribution in [0.4, 0.5) is 0 Å². The fraction of sp³-hybridized carbons (Fsp3) is 0.933. The summed E-state index contributed by atoms with van der Waals surface area (Å²) in [6.45, 7) is 11.4. The Morgan fingerprint density at radius 3 is 1.20 bits per heavy atom. The van der Waals surface area contributed by atoms with Gasteiger partial charge in [-0.2, -0.15) is 0 Å². The molecule has 0 aromatic heterocycles. The smallest absolute Gasteiger partial charge is 0.0294 e. The van der Waals surface area contributed by atoms with Crippen LogP contribution >= 0.6 is 0 Å². The third-order valence-electron chi connectivity index (χ3n) is 6.89. The van der Waals surface area contributed by atoms with E-state index in [1.807, 2.05) is 0 Å². The average molecular weight is 421 g/mol. The van der Waals surface area contributed by atoms with Gasteiger partial charge in [-0.15, -0.1) is 0 Å². The summed E-state index contributed by atoms with van der Waals surface area (Å²) in [6.07, 6.45) is 34.1. The van der Waals surface area contributed by atoms with Crippen LogP contribution in [0.3, 0.4) is 0 Å².